The van der Waals surface area contributed by atoms with Gasteiger partial charge in [0, 0.05) is 18.5 Å². The van der Waals surface area contributed by atoms with Crippen LogP contribution in [0, 0.1) is 11.8 Å². The highest BCUT2D eigenvalue weighted by Gasteiger charge is 2.28. The van der Waals surface area contributed by atoms with Crippen molar-refractivity contribution in [2.75, 3.05) is 32.7 Å². The van der Waals surface area contributed by atoms with Crippen molar-refractivity contribution in [1.82, 2.24) is 15.5 Å². The molecule has 1 atom stereocenters. The van der Waals surface area contributed by atoms with Gasteiger partial charge in [-0.15, -0.1) is 0 Å². The number of nitrogens with zero attached hydrogens (tertiary/aromatic N) is 1. The third kappa shape index (κ3) is 4.69. The predicted molar refractivity (Wildman–Crippen MR) is 89.8 cm³/mol. The zero-order chi connectivity index (χ0) is 15.2. The smallest absolute Gasteiger partial charge is 0.223 e. The highest BCUT2D eigenvalue weighted by atomic mass is 16.1. The summed E-state index contributed by atoms with van der Waals surface area (Å²) in [6, 6.07) is 0.465. The zero-order valence-electron chi connectivity index (χ0n) is 14.0. The van der Waals surface area contributed by atoms with Crippen LogP contribution in [0.25, 0.3) is 0 Å². The van der Waals surface area contributed by atoms with Crippen molar-refractivity contribution in [3.8, 4) is 0 Å². The van der Waals surface area contributed by atoms with Crippen LogP contribution in [0.15, 0.2) is 0 Å². The van der Waals surface area contributed by atoms with E-state index in [1.54, 1.807) is 0 Å². The second kappa shape index (κ2) is 8.30. The van der Waals surface area contributed by atoms with Crippen LogP contribution in [0.3, 0.4) is 0 Å². The molecule has 2 aliphatic heterocycles. The Morgan fingerprint density at radius 1 is 1.00 bits per heavy atom. The van der Waals surface area contributed by atoms with E-state index >= 15 is 0 Å². The summed E-state index contributed by atoms with van der Waals surface area (Å²) < 4.78 is 0. The minimum Gasteiger partial charge on any atom is -0.353 e. The van der Waals surface area contributed by atoms with E-state index in [1.165, 1.54) is 64.6 Å². The van der Waals surface area contributed by atoms with Gasteiger partial charge in [0.2, 0.25) is 5.91 Å². The summed E-state index contributed by atoms with van der Waals surface area (Å²) in [7, 11) is 0. The van der Waals surface area contributed by atoms with E-state index < -0.39 is 0 Å². The first-order valence-corrected chi connectivity index (χ1v) is 9.55. The van der Waals surface area contributed by atoms with E-state index in [4.69, 9.17) is 0 Å². The summed E-state index contributed by atoms with van der Waals surface area (Å²) >= 11 is 0. The van der Waals surface area contributed by atoms with E-state index in [0.717, 1.165) is 31.8 Å². The number of likely N-dealkylation sites (tertiary alicyclic amines) is 1. The average molecular weight is 307 g/mol. The quantitative estimate of drug-likeness (QED) is 0.836. The van der Waals surface area contributed by atoms with Gasteiger partial charge in [0.05, 0.1) is 0 Å². The molecule has 22 heavy (non-hydrogen) atoms. The van der Waals surface area contributed by atoms with Gasteiger partial charge in [-0.3, -0.25) is 4.79 Å². The van der Waals surface area contributed by atoms with E-state index in [1.807, 2.05) is 0 Å². The van der Waals surface area contributed by atoms with Crippen molar-refractivity contribution in [1.29, 1.82) is 0 Å². The van der Waals surface area contributed by atoms with Crippen molar-refractivity contribution < 1.29 is 4.79 Å². The summed E-state index contributed by atoms with van der Waals surface area (Å²) in [5.74, 6) is 1.43. The molecule has 0 aromatic carbocycles. The average Bonchev–Trinajstić information content (AvgIpc) is 2.57. The zero-order valence-corrected chi connectivity index (χ0v) is 14.0. The lowest BCUT2D eigenvalue weighted by Crippen LogP contribution is -2.46. The molecule has 0 aromatic heterocycles. The third-order valence-electron chi connectivity index (χ3n) is 5.83. The number of carbonyl (C=O) groups is 1. The van der Waals surface area contributed by atoms with Crippen molar-refractivity contribution >= 4 is 5.91 Å². The number of piperidine rings is 2. The van der Waals surface area contributed by atoms with Crippen LogP contribution >= 0.6 is 0 Å². The van der Waals surface area contributed by atoms with Gasteiger partial charge in [0.25, 0.3) is 0 Å². The van der Waals surface area contributed by atoms with E-state index in [0.29, 0.717) is 11.9 Å². The molecule has 0 aromatic rings. The number of carbonyl (C=O) groups excluding carboxylic acids is 1. The van der Waals surface area contributed by atoms with E-state index in [9.17, 15) is 4.79 Å². The Balaban J connectivity index is 1.36. The molecule has 4 heteroatoms. The molecule has 3 rings (SSSR count). The molecule has 4 nitrogen and oxygen atoms in total. The standard InChI is InChI=1S/C18H33N3O/c22-18(20-17-6-2-1-3-7-17)16-8-11-21(12-9-16)14-15-5-4-10-19-13-15/h15-17,19H,1-14H2,(H,20,22). The van der Waals surface area contributed by atoms with Crippen molar-refractivity contribution in [3.05, 3.63) is 0 Å². The molecule has 0 radical (unpaired) electrons. The molecule has 126 valence electrons. The monoisotopic (exact) mass is 307 g/mol. The maximum atomic E-state index is 12.4. The molecule has 2 heterocycles. The Morgan fingerprint density at radius 3 is 2.45 bits per heavy atom. The molecule has 1 unspecified atom stereocenters. The molecule has 0 spiro atoms. The van der Waals surface area contributed by atoms with Gasteiger partial charge in [-0.1, -0.05) is 19.3 Å². The molecule has 1 saturated carbocycles. The fourth-order valence-corrected chi connectivity index (χ4v) is 4.39. The second-order valence-electron chi connectivity index (χ2n) is 7.63. The Bertz CT molecular complexity index is 340. The van der Waals surface area contributed by atoms with Gasteiger partial charge in [0.15, 0.2) is 0 Å². The highest BCUT2D eigenvalue weighted by molar-refractivity contribution is 5.79. The van der Waals surface area contributed by atoms with E-state index in [2.05, 4.69) is 15.5 Å². The topological polar surface area (TPSA) is 44.4 Å². The van der Waals surface area contributed by atoms with E-state index in [-0.39, 0.29) is 5.92 Å². The fraction of sp³-hybridized carbons (Fsp3) is 0.944. The molecule has 2 saturated heterocycles. The Hall–Kier alpha value is -0.610. The van der Waals surface area contributed by atoms with Gasteiger partial charge in [0.1, 0.15) is 0 Å². The Morgan fingerprint density at radius 2 is 1.77 bits per heavy atom. The first-order chi connectivity index (χ1) is 10.8. The van der Waals surface area contributed by atoms with Crippen LogP contribution in [0.5, 0.6) is 0 Å². The summed E-state index contributed by atoms with van der Waals surface area (Å²) in [4.78, 5) is 15.0. The number of hydrogen-bond donors (Lipinski definition) is 2. The van der Waals surface area contributed by atoms with Gasteiger partial charge >= 0.3 is 0 Å². The molecule has 0 bridgehead atoms. The fourth-order valence-electron chi connectivity index (χ4n) is 4.39. The minimum absolute atomic E-state index is 0.266. The van der Waals surface area contributed by atoms with Crippen LogP contribution in [0.1, 0.15) is 57.8 Å². The van der Waals surface area contributed by atoms with Crippen molar-refractivity contribution in [2.24, 2.45) is 11.8 Å². The van der Waals surface area contributed by atoms with Gasteiger partial charge in [-0.05, 0) is 70.6 Å². The van der Waals surface area contributed by atoms with Gasteiger partial charge in [-0.2, -0.15) is 0 Å². The first-order valence-electron chi connectivity index (χ1n) is 9.55. The van der Waals surface area contributed by atoms with Gasteiger partial charge < -0.3 is 15.5 Å². The number of rotatable bonds is 4. The maximum Gasteiger partial charge on any atom is 0.223 e. The van der Waals surface area contributed by atoms with Crippen LogP contribution < -0.4 is 10.6 Å². The Labute approximate surface area is 135 Å². The lowest BCUT2D eigenvalue weighted by Gasteiger charge is -2.35. The summed E-state index contributed by atoms with van der Waals surface area (Å²) in [5.41, 5.74) is 0. The van der Waals surface area contributed by atoms with Gasteiger partial charge in [-0.25, -0.2) is 0 Å². The molecule has 1 aliphatic carbocycles. The summed E-state index contributed by atoms with van der Waals surface area (Å²) in [5, 5.41) is 6.82. The lowest BCUT2D eigenvalue weighted by molar-refractivity contribution is -0.127. The lowest BCUT2D eigenvalue weighted by atomic mass is 9.91. The second-order valence-corrected chi connectivity index (χ2v) is 7.63. The van der Waals surface area contributed by atoms with Crippen molar-refractivity contribution in [3.63, 3.8) is 0 Å². The normalized spacial score (nSPS) is 29.4. The van der Waals surface area contributed by atoms with Crippen molar-refractivity contribution in [2.45, 2.75) is 63.8 Å². The number of hydrogen-bond acceptors (Lipinski definition) is 3. The molecule has 3 fully saturated rings. The molecular formula is C18H33N3O. The maximum absolute atomic E-state index is 12.4. The predicted octanol–water partition coefficient (Wildman–Crippen LogP) is 2.15. The van der Waals surface area contributed by atoms with Crippen LogP contribution in [0.2, 0.25) is 0 Å². The molecular weight excluding hydrogens is 274 g/mol. The highest BCUT2D eigenvalue weighted by Crippen LogP contribution is 2.22. The molecule has 1 amide bonds. The minimum atomic E-state index is 0.266. The SMILES string of the molecule is O=C(NC1CCCCC1)C1CCN(CC2CCCNC2)CC1. The first kappa shape index (κ1) is 16.3. The van der Waals surface area contributed by atoms with Crippen LogP contribution in [-0.4, -0.2) is 49.6 Å². The molecule has 3 aliphatic rings. The summed E-state index contributed by atoms with van der Waals surface area (Å²) in [6.07, 6.45) is 11.1. The Kier molecular flexibility index (Phi) is 6.13. The van der Waals surface area contributed by atoms with Crippen LogP contribution in [0.4, 0.5) is 0 Å². The summed E-state index contributed by atoms with van der Waals surface area (Å²) in [6.45, 7) is 5.82. The largest absolute Gasteiger partial charge is 0.353 e. The number of nitrogens with one attached hydrogen (secondary N) is 2. The number of amides is 1. The molecule has 2 N–H and O–H groups in total. The third-order valence-corrected chi connectivity index (χ3v) is 5.83. The van der Waals surface area contributed by atoms with Crippen LogP contribution in [-0.2, 0) is 4.79 Å².